The van der Waals surface area contributed by atoms with Crippen molar-refractivity contribution in [2.45, 2.75) is 59.5 Å². The van der Waals surface area contributed by atoms with Crippen molar-refractivity contribution in [3.63, 3.8) is 0 Å². The fourth-order valence-corrected chi connectivity index (χ4v) is 5.14. The van der Waals surface area contributed by atoms with Gasteiger partial charge in [0.15, 0.2) is 0 Å². The third-order valence-corrected chi connectivity index (χ3v) is 8.19. The Morgan fingerprint density at radius 3 is 2.24 bits per heavy atom. The van der Waals surface area contributed by atoms with Crippen LogP contribution in [0, 0.1) is 13.8 Å². The van der Waals surface area contributed by atoms with E-state index >= 15 is 0 Å². The Kier molecular flexibility index (Phi) is 11.4. The second-order valence-corrected chi connectivity index (χ2v) is 11.8. The highest BCUT2D eigenvalue weighted by Gasteiger charge is 2.34. The highest BCUT2D eigenvalue weighted by Crippen LogP contribution is 2.26. The van der Waals surface area contributed by atoms with Crippen molar-refractivity contribution in [1.29, 1.82) is 0 Å². The topological polar surface area (TPSA) is 90.0 Å². The molecule has 0 aromatic heterocycles. The minimum absolute atomic E-state index is 0.137. The van der Waals surface area contributed by atoms with Crippen LogP contribution in [0.15, 0.2) is 42.5 Å². The molecule has 1 N–H and O–H groups in total. The van der Waals surface area contributed by atoms with Crippen molar-refractivity contribution in [3.05, 3.63) is 64.2 Å². The molecule has 1 atom stereocenters. The number of anilines is 1. The van der Waals surface area contributed by atoms with E-state index in [-0.39, 0.29) is 12.5 Å². The van der Waals surface area contributed by atoms with Crippen LogP contribution in [0.25, 0.3) is 0 Å². The van der Waals surface area contributed by atoms with Crippen molar-refractivity contribution in [3.8, 4) is 0 Å². The number of rotatable bonds is 13. The molecule has 1 unspecified atom stereocenters. The average Bonchev–Trinajstić information content (AvgIpc) is 2.85. The third-order valence-electron chi connectivity index (χ3n) is 6.13. The van der Waals surface area contributed by atoms with Gasteiger partial charge < -0.3 is 10.2 Å². The molecular formula is C27H39ClN4O4S. The van der Waals surface area contributed by atoms with Gasteiger partial charge in [-0.1, -0.05) is 56.1 Å². The minimum atomic E-state index is -4.01. The molecule has 0 aliphatic heterocycles. The van der Waals surface area contributed by atoms with E-state index < -0.39 is 28.7 Å². The molecule has 0 aliphatic rings. The number of nitrogens with zero attached hydrogens (tertiary/aromatic N) is 3. The SMILES string of the molecule is CCCCNC(=O)C(CC)N(Cc1ccc(Cl)cc1)C(=O)CN(c1cc(C)ccc1C)S(=O)(=O)N(C)C. The van der Waals surface area contributed by atoms with Gasteiger partial charge in [-0.15, -0.1) is 0 Å². The van der Waals surface area contributed by atoms with E-state index in [0.717, 1.165) is 38.1 Å². The smallest absolute Gasteiger partial charge is 0.304 e. The Hall–Kier alpha value is -2.62. The van der Waals surface area contributed by atoms with Gasteiger partial charge in [-0.2, -0.15) is 12.7 Å². The van der Waals surface area contributed by atoms with E-state index in [2.05, 4.69) is 5.32 Å². The molecule has 8 nitrogen and oxygen atoms in total. The zero-order valence-electron chi connectivity index (χ0n) is 22.6. The molecule has 2 rings (SSSR count). The molecule has 0 aliphatic carbocycles. The number of carbonyl (C=O) groups is 2. The summed E-state index contributed by atoms with van der Waals surface area (Å²) < 4.78 is 29.0. The number of carbonyl (C=O) groups excluding carboxylic acids is 2. The Bertz CT molecular complexity index is 1170. The minimum Gasteiger partial charge on any atom is -0.354 e. The number of hydrogen-bond donors (Lipinski definition) is 1. The maximum absolute atomic E-state index is 13.9. The van der Waals surface area contributed by atoms with Gasteiger partial charge in [-0.05, 0) is 61.6 Å². The molecule has 204 valence electrons. The van der Waals surface area contributed by atoms with Crippen LogP contribution in [0.1, 0.15) is 49.8 Å². The summed E-state index contributed by atoms with van der Waals surface area (Å²) in [5, 5.41) is 3.48. The maximum atomic E-state index is 13.9. The zero-order chi connectivity index (χ0) is 27.8. The fraction of sp³-hybridized carbons (Fsp3) is 0.481. The number of aryl methyl sites for hydroxylation is 2. The third kappa shape index (κ3) is 8.18. The Balaban J connectivity index is 2.51. The summed E-state index contributed by atoms with van der Waals surface area (Å²) in [5.41, 5.74) is 2.80. The Morgan fingerprint density at radius 1 is 1.03 bits per heavy atom. The van der Waals surface area contributed by atoms with Crippen molar-refractivity contribution < 1.29 is 18.0 Å². The van der Waals surface area contributed by atoms with E-state index in [9.17, 15) is 18.0 Å². The number of benzene rings is 2. The van der Waals surface area contributed by atoms with E-state index in [0.29, 0.717) is 23.7 Å². The molecule has 0 spiro atoms. The second-order valence-electron chi connectivity index (χ2n) is 9.30. The summed E-state index contributed by atoms with van der Waals surface area (Å²) in [6, 6.07) is 11.7. The Morgan fingerprint density at radius 2 is 1.68 bits per heavy atom. The quantitative estimate of drug-likeness (QED) is 0.377. The van der Waals surface area contributed by atoms with Crippen LogP contribution in [-0.2, 0) is 26.3 Å². The Labute approximate surface area is 226 Å². The summed E-state index contributed by atoms with van der Waals surface area (Å²) in [5.74, 6) is -0.731. The van der Waals surface area contributed by atoms with E-state index in [1.807, 2.05) is 32.9 Å². The molecule has 0 fully saturated rings. The number of nitrogens with one attached hydrogen (secondary N) is 1. The van der Waals surface area contributed by atoms with Gasteiger partial charge in [0.25, 0.3) is 0 Å². The summed E-state index contributed by atoms with van der Waals surface area (Å²) in [6.45, 7) is 7.75. The first kappa shape index (κ1) is 30.6. The summed E-state index contributed by atoms with van der Waals surface area (Å²) in [6.07, 6.45) is 2.13. The first-order chi connectivity index (χ1) is 17.4. The van der Waals surface area contributed by atoms with Gasteiger partial charge in [-0.25, -0.2) is 4.31 Å². The highest BCUT2D eigenvalue weighted by molar-refractivity contribution is 7.90. The van der Waals surface area contributed by atoms with Crippen LogP contribution in [0.4, 0.5) is 5.69 Å². The van der Waals surface area contributed by atoms with Crippen LogP contribution < -0.4 is 9.62 Å². The first-order valence-electron chi connectivity index (χ1n) is 12.5. The van der Waals surface area contributed by atoms with Crippen molar-refractivity contribution in [2.24, 2.45) is 0 Å². The van der Waals surface area contributed by atoms with E-state index in [1.54, 1.807) is 37.3 Å². The molecule has 0 saturated heterocycles. The normalized spacial score (nSPS) is 12.3. The predicted molar refractivity (Wildman–Crippen MR) is 150 cm³/mol. The average molecular weight is 551 g/mol. The fourth-order valence-electron chi connectivity index (χ4n) is 3.90. The largest absolute Gasteiger partial charge is 0.354 e. The van der Waals surface area contributed by atoms with Gasteiger partial charge in [0.05, 0.1) is 5.69 Å². The molecule has 37 heavy (non-hydrogen) atoms. The van der Waals surface area contributed by atoms with Crippen LogP contribution in [0.3, 0.4) is 0 Å². The van der Waals surface area contributed by atoms with Gasteiger partial charge in [0.2, 0.25) is 11.8 Å². The molecule has 0 radical (unpaired) electrons. The molecule has 0 saturated carbocycles. The predicted octanol–water partition coefficient (Wildman–Crippen LogP) is 4.29. The summed E-state index contributed by atoms with van der Waals surface area (Å²) >= 11 is 6.04. The summed E-state index contributed by atoms with van der Waals surface area (Å²) in [4.78, 5) is 28.5. The van der Waals surface area contributed by atoms with Crippen LogP contribution >= 0.6 is 11.6 Å². The second kappa shape index (κ2) is 13.8. The lowest BCUT2D eigenvalue weighted by Crippen LogP contribution is -2.53. The maximum Gasteiger partial charge on any atom is 0.304 e. The molecule has 2 amide bonds. The van der Waals surface area contributed by atoms with E-state index in [1.165, 1.54) is 19.0 Å². The monoisotopic (exact) mass is 550 g/mol. The van der Waals surface area contributed by atoms with Crippen LogP contribution in [-0.4, -0.2) is 62.7 Å². The van der Waals surface area contributed by atoms with E-state index in [4.69, 9.17) is 11.6 Å². The van der Waals surface area contributed by atoms with Crippen LogP contribution in [0.5, 0.6) is 0 Å². The number of unbranched alkanes of at least 4 members (excludes halogenated alkanes) is 1. The first-order valence-corrected chi connectivity index (χ1v) is 14.3. The molecule has 10 heteroatoms. The lowest BCUT2D eigenvalue weighted by Gasteiger charge is -2.34. The van der Waals surface area contributed by atoms with Crippen molar-refractivity contribution in [1.82, 2.24) is 14.5 Å². The lowest BCUT2D eigenvalue weighted by molar-refractivity contribution is -0.140. The number of halogens is 1. The van der Waals surface area contributed by atoms with Gasteiger partial charge in [0, 0.05) is 32.2 Å². The highest BCUT2D eigenvalue weighted by atomic mass is 35.5. The zero-order valence-corrected chi connectivity index (χ0v) is 24.2. The molecule has 2 aromatic carbocycles. The molecule has 2 aromatic rings. The molecule has 0 heterocycles. The van der Waals surface area contributed by atoms with Crippen LogP contribution in [0.2, 0.25) is 5.02 Å². The standard InChI is InChI=1S/C27H39ClN4O4S/c1-7-9-16-29-27(34)24(8-2)31(18-22-12-14-23(28)15-13-22)26(33)19-32(37(35,36)30(5)6)25-17-20(3)10-11-21(25)4/h10-15,17,24H,7-9,16,18-19H2,1-6H3,(H,29,34). The molecular weight excluding hydrogens is 512 g/mol. The van der Waals surface area contributed by atoms with Gasteiger partial charge in [-0.3, -0.25) is 9.59 Å². The lowest BCUT2D eigenvalue weighted by atomic mass is 10.1. The van der Waals surface area contributed by atoms with Gasteiger partial charge in [0.1, 0.15) is 12.6 Å². The number of hydrogen-bond acceptors (Lipinski definition) is 4. The van der Waals surface area contributed by atoms with Gasteiger partial charge >= 0.3 is 10.2 Å². The van der Waals surface area contributed by atoms with Crippen molar-refractivity contribution >= 4 is 39.3 Å². The van der Waals surface area contributed by atoms with Crippen molar-refractivity contribution in [2.75, 3.05) is 31.5 Å². The summed E-state index contributed by atoms with van der Waals surface area (Å²) in [7, 11) is -1.15. The number of amides is 2. The molecule has 0 bridgehead atoms.